The second kappa shape index (κ2) is 6.76. The molecule has 0 saturated carbocycles. The number of aromatic nitrogens is 3. The highest BCUT2D eigenvalue weighted by Gasteiger charge is 2.40. The third-order valence-corrected chi connectivity index (χ3v) is 6.08. The highest BCUT2D eigenvalue weighted by Crippen LogP contribution is 2.30. The van der Waals surface area contributed by atoms with Crippen molar-refractivity contribution in [3.05, 3.63) is 23.7 Å². The Morgan fingerprint density at radius 2 is 2.11 bits per heavy atom. The number of anilines is 1. The van der Waals surface area contributed by atoms with Gasteiger partial charge in [0.2, 0.25) is 5.82 Å². The molecule has 0 aliphatic carbocycles. The zero-order valence-electron chi connectivity index (χ0n) is 16.7. The van der Waals surface area contributed by atoms with Crippen molar-refractivity contribution in [2.24, 2.45) is 11.3 Å². The fraction of sp³-hybridized carbons (Fsp3) is 0.600. The average molecular weight is 385 g/mol. The van der Waals surface area contributed by atoms with Crippen LogP contribution in [0.5, 0.6) is 0 Å². The summed E-state index contributed by atoms with van der Waals surface area (Å²) < 4.78 is 1.68. The molecule has 0 bridgehead atoms. The summed E-state index contributed by atoms with van der Waals surface area (Å²) in [5, 5.41) is 13.9. The molecule has 4 rings (SSSR count). The van der Waals surface area contributed by atoms with Gasteiger partial charge in [-0.2, -0.15) is 0 Å². The van der Waals surface area contributed by atoms with E-state index in [4.69, 9.17) is 0 Å². The molecule has 8 nitrogen and oxygen atoms in total. The van der Waals surface area contributed by atoms with Crippen molar-refractivity contribution < 1.29 is 14.7 Å². The lowest BCUT2D eigenvalue weighted by Crippen LogP contribution is -2.48. The topological polar surface area (TPSA) is 91.0 Å². The van der Waals surface area contributed by atoms with Crippen LogP contribution >= 0.6 is 0 Å². The lowest BCUT2D eigenvalue weighted by Gasteiger charge is -2.36. The van der Waals surface area contributed by atoms with Gasteiger partial charge in [0.15, 0.2) is 5.65 Å². The van der Waals surface area contributed by atoms with Gasteiger partial charge in [0.25, 0.3) is 5.91 Å². The van der Waals surface area contributed by atoms with Crippen molar-refractivity contribution in [3.8, 4) is 0 Å². The molecule has 2 aromatic heterocycles. The van der Waals surface area contributed by atoms with E-state index in [9.17, 15) is 14.7 Å². The molecule has 2 aliphatic rings. The average Bonchev–Trinajstić information content (AvgIpc) is 3.27. The van der Waals surface area contributed by atoms with Crippen molar-refractivity contribution in [2.75, 3.05) is 31.1 Å². The van der Waals surface area contributed by atoms with Gasteiger partial charge in [0.05, 0.1) is 17.3 Å². The Labute approximate surface area is 164 Å². The quantitative estimate of drug-likeness (QED) is 0.871. The Kier molecular flexibility index (Phi) is 4.51. The Balaban J connectivity index is 1.61. The highest BCUT2D eigenvalue weighted by atomic mass is 16.4. The van der Waals surface area contributed by atoms with Crippen LogP contribution in [-0.2, 0) is 4.79 Å². The number of rotatable bonds is 3. The molecule has 0 aromatic carbocycles. The summed E-state index contributed by atoms with van der Waals surface area (Å²) >= 11 is 0. The van der Waals surface area contributed by atoms with Gasteiger partial charge in [-0.1, -0.05) is 6.92 Å². The molecule has 4 heterocycles. The molecule has 2 aliphatic heterocycles. The summed E-state index contributed by atoms with van der Waals surface area (Å²) in [5.74, 6) is -0.365. The number of hydrogen-bond acceptors (Lipinski definition) is 5. The van der Waals surface area contributed by atoms with Crippen LogP contribution in [0.4, 0.5) is 5.69 Å². The third kappa shape index (κ3) is 3.21. The van der Waals surface area contributed by atoms with E-state index in [2.05, 4.69) is 28.0 Å². The van der Waals surface area contributed by atoms with Crippen LogP contribution in [0.15, 0.2) is 12.3 Å². The first-order chi connectivity index (χ1) is 13.3. The fourth-order valence-corrected chi connectivity index (χ4v) is 4.29. The second-order valence-electron chi connectivity index (χ2n) is 8.62. The first-order valence-corrected chi connectivity index (χ1v) is 9.91. The molecule has 0 spiro atoms. The largest absolute Gasteiger partial charge is 0.481 e. The van der Waals surface area contributed by atoms with E-state index in [1.54, 1.807) is 16.3 Å². The fourth-order valence-electron chi connectivity index (χ4n) is 4.29. The van der Waals surface area contributed by atoms with E-state index in [0.29, 0.717) is 31.0 Å². The normalized spacial score (nSPS) is 25.5. The lowest BCUT2D eigenvalue weighted by atomic mass is 9.82. The van der Waals surface area contributed by atoms with Crippen molar-refractivity contribution in [2.45, 2.75) is 40.0 Å². The predicted octanol–water partition coefficient (Wildman–Crippen LogP) is 2.21. The van der Waals surface area contributed by atoms with Gasteiger partial charge in [-0.25, -0.2) is 9.50 Å². The van der Waals surface area contributed by atoms with E-state index in [1.807, 2.05) is 13.1 Å². The first-order valence-electron chi connectivity index (χ1n) is 9.91. The molecule has 2 fully saturated rings. The number of piperidine rings is 1. The van der Waals surface area contributed by atoms with Gasteiger partial charge >= 0.3 is 5.97 Å². The number of carboxylic acid groups (broad SMARTS) is 1. The molecule has 2 saturated heterocycles. The highest BCUT2D eigenvalue weighted by molar-refractivity contribution is 5.91. The maximum Gasteiger partial charge on any atom is 0.311 e. The van der Waals surface area contributed by atoms with Crippen molar-refractivity contribution in [1.82, 2.24) is 19.5 Å². The number of fused-ring (bicyclic) bond motifs is 1. The van der Waals surface area contributed by atoms with Crippen molar-refractivity contribution >= 4 is 23.2 Å². The van der Waals surface area contributed by atoms with Gasteiger partial charge in [0.1, 0.15) is 0 Å². The number of nitrogens with zero attached hydrogens (tertiary/aromatic N) is 5. The molecule has 0 radical (unpaired) electrons. The molecule has 28 heavy (non-hydrogen) atoms. The molecule has 1 N–H and O–H groups in total. The number of carboxylic acids is 1. The summed E-state index contributed by atoms with van der Waals surface area (Å²) in [6, 6.07) is 2.10. The predicted molar refractivity (Wildman–Crippen MR) is 105 cm³/mol. The number of likely N-dealkylation sites (tertiary alicyclic amines) is 1. The van der Waals surface area contributed by atoms with Gasteiger partial charge in [-0.15, -0.1) is 5.10 Å². The minimum absolute atomic E-state index is 0.129. The maximum absolute atomic E-state index is 13.0. The van der Waals surface area contributed by atoms with Gasteiger partial charge in [-0.05, 0) is 50.7 Å². The van der Waals surface area contributed by atoms with E-state index >= 15 is 0 Å². The Hall–Kier alpha value is -2.64. The van der Waals surface area contributed by atoms with Crippen LogP contribution < -0.4 is 4.90 Å². The van der Waals surface area contributed by atoms with Crippen LogP contribution in [0.2, 0.25) is 0 Å². The molecule has 1 amide bonds. The van der Waals surface area contributed by atoms with Crippen LogP contribution in [0.3, 0.4) is 0 Å². The zero-order chi connectivity index (χ0) is 20.1. The second-order valence-corrected chi connectivity index (χ2v) is 8.62. The Morgan fingerprint density at radius 1 is 1.32 bits per heavy atom. The number of aryl methyl sites for hydroxylation is 1. The Bertz CT molecular complexity index is 939. The van der Waals surface area contributed by atoms with E-state index in [1.165, 1.54) is 6.42 Å². The number of carbonyl (C=O) groups excluding carboxylic acids is 1. The van der Waals surface area contributed by atoms with E-state index in [0.717, 1.165) is 24.3 Å². The molecule has 2 aromatic rings. The van der Waals surface area contributed by atoms with Crippen LogP contribution in [-0.4, -0.2) is 62.7 Å². The lowest BCUT2D eigenvalue weighted by molar-refractivity contribution is -0.150. The standard InChI is InChI=1S/C20H27N5O3/c1-13-5-8-23(10-13)15-9-14(2)17-21-16(22-25(17)11-15)18(26)24-7-4-6-20(3,12-24)19(27)28/h9,11,13H,4-8,10,12H2,1-3H3,(H,27,28). The molecule has 8 heteroatoms. The van der Waals surface area contributed by atoms with Crippen molar-refractivity contribution in [3.63, 3.8) is 0 Å². The maximum atomic E-state index is 13.0. The third-order valence-electron chi connectivity index (χ3n) is 6.08. The molecular formula is C20H27N5O3. The number of hydrogen-bond donors (Lipinski definition) is 1. The number of aliphatic carboxylic acids is 1. The SMILES string of the molecule is Cc1cc(N2CCC(C)C2)cn2nc(C(=O)N3CCCC(C)(C(=O)O)C3)nc12. The number of amides is 1. The summed E-state index contributed by atoms with van der Waals surface area (Å²) in [4.78, 5) is 32.9. The van der Waals surface area contributed by atoms with Gasteiger partial charge in [0, 0.05) is 26.2 Å². The summed E-state index contributed by atoms with van der Waals surface area (Å²) in [7, 11) is 0. The molecule has 150 valence electrons. The van der Waals surface area contributed by atoms with Crippen LogP contribution in [0.25, 0.3) is 5.65 Å². The monoisotopic (exact) mass is 385 g/mol. The minimum atomic E-state index is -0.914. The molecular weight excluding hydrogens is 358 g/mol. The number of carbonyl (C=O) groups is 2. The summed E-state index contributed by atoms with van der Waals surface area (Å²) in [6.07, 6.45) is 4.34. The summed E-state index contributed by atoms with van der Waals surface area (Å²) in [5.41, 5.74) is 1.81. The zero-order valence-corrected chi connectivity index (χ0v) is 16.7. The smallest absolute Gasteiger partial charge is 0.311 e. The van der Waals surface area contributed by atoms with Crippen LogP contribution in [0, 0.1) is 18.3 Å². The summed E-state index contributed by atoms with van der Waals surface area (Å²) in [6.45, 7) is 8.69. The van der Waals surface area contributed by atoms with E-state index < -0.39 is 11.4 Å². The van der Waals surface area contributed by atoms with Gasteiger partial charge < -0.3 is 14.9 Å². The van der Waals surface area contributed by atoms with E-state index in [-0.39, 0.29) is 18.3 Å². The Morgan fingerprint density at radius 3 is 2.79 bits per heavy atom. The van der Waals surface area contributed by atoms with Crippen LogP contribution in [0.1, 0.15) is 49.3 Å². The van der Waals surface area contributed by atoms with Crippen molar-refractivity contribution in [1.29, 1.82) is 0 Å². The molecule has 2 atom stereocenters. The molecule has 2 unspecified atom stereocenters. The first kappa shape index (κ1) is 18.7. The minimum Gasteiger partial charge on any atom is -0.481 e. The van der Waals surface area contributed by atoms with Gasteiger partial charge in [-0.3, -0.25) is 9.59 Å². The number of pyridine rings is 1.